The average molecular weight is 171 g/mol. The zero-order chi connectivity index (χ0) is 9.19. The van der Waals surface area contributed by atoms with Gasteiger partial charge in [0.15, 0.2) is 0 Å². The smallest absolute Gasteiger partial charge is 0.0602 e. The van der Waals surface area contributed by atoms with Crippen molar-refractivity contribution in [1.82, 2.24) is 0 Å². The molecule has 1 rings (SSSR count). The van der Waals surface area contributed by atoms with Crippen molar-refractivity contribution in [2.75, 3.05) is 0 Å². The Morgan fingerprint density at radius 1 is 1.25 bits per heavy atom. The minimum absolute atomic E-state index is 0.0122. The lowest BCUT2D eigenvalue weighted by molar-refractivity contribution is -0.0757. The van der Waals surface area contributed by atoms with Gasteiger partial charge < -0.3 is 10.5 Å². The molecule has 2 heteroatoms. The topological polar surface area (TPSA) is 35.2 Å². The Kier molecular flexibility index (Phi) is 3.13. The standard InChI is InChI=1S/C10H21NO/c1-10(2,3)12-9-6-4-5-8(11)7-9/h8-9H,4-7,11H2,1-3H3/t8-,9-/m0/s1. The molecule has 1 saturated carbocycles. The number of hydrogen-bond donors (Lipinski definition) is 1. The summed E-state index contributed by atoms with van der Waals surface area (Å²) < 4.78 is 5.87. The van der Waals surface area contributed by atoms with E-state index < -0.39 is 0 Å². The predicted molar refractivity (Wildman–Crippen MR) is 51.1 cm³/mol. The van der Waals surface area contributed by atoms with Crippen molar-refractivity contribution >= 4 is 0 Å². The highest BCUT2D eigenvalue weighted by molar-refractivity contribution is 4.77. The average Bonchev–Trinajstić information content (AvgIpc) is 1.82. The molecular formula is C10H21NO. The largest absolute Gasteiger partial charge is 0.373 e. The number of nitrogens with two attached hydrogens (primary N) is 1. The molecule has 0 bridgehead atoms. The Morgan fingerprint density at radius 3 is 2.42 bits per heavy atom. The summed E-state index contributed by atoms with van der Waals surface area (Å²) >= 11 is 0. The van der Waals surface area contributed by atoms with Gasteiger partial charge in [0.1, 0.15) is 0 Å². The molecule has 0 aliphatic heterocycles. The first-order valence-corrected chi connectivity index (χ1v) is 4.91. The van der Waals surface area contributed by atoms with Gasteiger partial charge in [-0.2, -0.15) is 0 Å². The number of hydrogen-bond acceptors (Lipinski definition) is 2. The van der Waals surface area contributed by atoms with E-state index in [2.05, 4.69) is 20.8 Å². The van der Waals surface area contributed by atoms with E-state index in [9.17, 15) is 0 Å². The predicted octanol–water partition coefficient (Wildman–Crippen LogP) is 2.07. The zero-order valence-corrected chi connectivity index (χ0v) is 8.47. The van der Waals surface area contributed by atoms with Crippen molar-refractivity contribution in [3.05, 3.63) is 0 Å². The van der Waals surface area contributed by atoms with E-state index in [1.165, 1.54) is 19.3 Å². The maximum absolute atomic E-state index is 5.87. The zero-order valence-electron chi connectivity index (χ0n) is 8.47. The van der Waals surface area contributed by atoms with Gasteiger partial charge in [-0.05, 0) is 46.5 Å². The van der Waals surface area contributed by atoms with Crippen molar-refractivity contribution < 1.29 is 4.74 Å². The lowest BCUT2D eigenvalue weighted by atomic mass is 9.93. The molecular weight excluding hydrogens is 150 g/mol. The van der Waals surface area contributed by atoms with Gasteiger partial charge in [0.2, 0.25) is 0 Å². The van der Waals surface area contributed by atoms with Crippen LogP contribution in [0.4, 0.5) is 0 Å². The Hall–Kier alpha value is -0.0800. The molecule has 0 aromatic rings. The summed E-state index contributed by atoms with van der Waals surface area (Å²) in [6.45, 7) is 6.31. The van der Waals surface area contributed by atoms with E-state index in [1.807, 2.05) is 0 Å². The van der Waals surface area contributed by atoms with Crippen LogP contribution < -0.4 is 5.73 Å². The van der Waals surface area contributed by atoms with Crippen LogP contribution in [0.3, 0.4) is 0 Å². The van der Waals surface area contributed by atoms with Crippen LogP contribution in [0.5, 0.6) is 0 Å². The van der Waals surface area contributed by atoms with Crippen molar-refractivity contribution in [2.45, 2.75) is 64.2 Å². The van der Waals surface area contributed by atoms with Crippen LogP contribution in [0.15, 0.2) is 0 Å². The molecule has 0 saturated heterocycles. The number of rotatable bonds is 1. The molecule has 72 valence electrons. The molecule has 2 atom stereocenters. The SMILES string of the molecule is CC(C)(C)O[C@H]1CCC[C@H](N)C1. The summed E-state index contributed by atoms with van der Waals surface area (Å²) in [5.74, 6) is 0. The van der Waals surface area contributed by atoms with Gasteiger partial charge in [-0.3, -0.25) is 0 Å². The first-order chi connectivity index (χ1) is 5.47. The highest BCUT2D eigenvalue weighted by Crippen LogP contribution is 2.23. The summed E-state index contributed by atoms with van der Waals surface area (Å²) in [6, 6.07) is 0.367. The van der Waals surface area contributed by atoms with Gasteiger partial charge in [0.05, 0.1) is 11.7 Å². The Balaban J connectivity index is 2.32. The molecule has 0 aromatic carbocycles. The fourth-order valence-electron chi connectivity index (χ4n) is 1.79. The molecule has 0 spiro atoms. The summed E-state index contributed by atoms with van der Waals surface area (Å²) in [6.07, 6.45) is 5.02. The molecule has 0 unspecified atom stereocenters. The van der Waals surface area contributed by atoms with Crippen molar-refractivity contribution in [3.8, 4) is 0 Å². The van der Waals surface area contributed by atoms with Crippen molar-refractivity contribution in [2.24, 2.45) is 5.73 Å². The molecule has 0 radical (unpaired) electrons. The van der Waals surface area contributed by atoms with E-state index in [-0.39, 0.29) is 5.60 Å². The molecule has 1 fully saturated rings. The third-order valence-corrected chi connectivity index (χ3v) is 2.19. The lowest BCUT2D eigenvalue weighted by Gasteiger charge is -2.32. The van der Waals surface area contributed by atoms with Crippen molar-refractivity contribution in [1.29, 1.82) is 0 Å². The van der Waals surface area contributed by atoms with Crippen molar-refractivity contribution in [3.63, 3.8) is 0 Å². The molecule has 0 amide bonds. The van der Waals surface area contributed by atoms with Crippen LogP contribution in [0.1, 0.15) is 46.5 Å². The summed E-state index contributed by atoms with van der Waals surface area (Å²) in [5.41, 5.74) is 5.85. The second kappa shape index (κ2) is 3.75. The Morgan fingerprint density at radius 2 is 1.92 bits per heavy atom. The second-order valence-electron chi connectivity index (χ2n) is 4.78. The van der Waals surface area contributed by atoms with Gasteiger partial charge in [-0.15, -0.1) is 0 Å². The quantitative estimate of drug-likeness (QED) is 0.655. The van der Waals surface area contributed by atoms with Gasteiger partial charge >= 0.3 is 0 Å². The number of ether oxygens (including phenoxy) is 1. The highest BCUT2D eigenvalue weighted by Gasteiger charge is 2.24. The lowest BCUT2D eigenvalue weighted by Crippen LogP contribution is -2.36. The minimum Gasteiger partial charge on any atom is -0.373 e. The van der Waals surface area contributed by atoms with E-state index >= 15 is 0 Å². The van der Waals surface area contributed by atoms with Crippen LogP contribution in [-0.2, 0) is 4.74 Å². The fraction of sp³-hybridized carbons (Fsp3) is 1.00. The normalized spacial score (nSPS) is 32.0. The molecule has 1 aliphatic carbocycles. The van der Waals surface area contributed by atoms with Gasteiger partial charge in [-0.25, -0.2) is 0 Å². The van der Waals surface area contributed by atoms with Crippen LogP contribution in [-0.4, -0.2) is 17.7 Å². The first kappa shape index (κ1) is 10.0. The maximum atomic E-state index is 5.87. The maximum Gasteiger partial charge on any atom is 0.0602 e. The molecule has 12 heavy (non-hydrogen) atoms. The minimum atomic E-state index is -0.0122. The summed E-state index contributed by atoms with van der Waals surface area (Å²) in [5, 5.41) is 0. The summed E-state index contributed by atoms with van der Waals surface area (Å²) in [7, 11) is 0. The molecule has 0 heterocycles. The molecule has 2 nitrogen and oxygen atoms in total. The molecule has 0 aromatic heterocycles. The van der Waals surface area contributed by atoms with Crippen LogP contribution in [0, 0.1) is 0 Å². The van der Waals surface area contributed by atoms with E-state index in [4.69, 9.17) is 10.5 Å². The van der Waals surface area contributed by atoms with Gasteiger partial charge in [0.25, 0.3) is 0 Å². The van der Waals surface area contributed by atoms with Crippen LogP contribution >= 0.6 is 0 Å². The first-order valence-electron chi connectivity index (χ1n) is 4.91. The monoisotopic (exact) mass is 171 g/mol. The van der Waals surface area contributed by atoms with E-state index in [1.54, 1.807) is 0 Å². The van der Waals surface area contributed by atoms with Gasteiger partial charge in [-0.1, -0.05) is 0 Å². The third kappa shape index (κ3) is 3.55. The highest BCUT2D eigenvalue weighted by atomic mass is 16.5. The molecule has 2 N–H and O–H groups in total. The second-order valence-corrected chi connectivity index (χ2v) is 4.78. The van der Waals surface area contributed by atoms with Crippen LogP contribution in [0.25, 0.3) is 0 Å². The Labute approximate surface area is 75.5 Å². The van der Waals surface area contributed by atoms with Crippen LogP contribution in [0.2, 0.25) is 0 Å². The third-order valence-electron chi connectivity index (χ3n) is 2.19. The van der Waals surface area contributed by atoms with Gasteiger partial charge in [0, 0.05) is 6.04 Å². The Bertz CT molecular complexity index is 139. The van der Waals surface area contributed by atoms with E-state index in [0.29, 0.717) is 12.1 Å². The molecule has 1 aliphatic rings. The van der Waals surface area contributed by atoms with E-state index in [0.717, 1.165) is 6.42 Å². The summed E-state index contributed by atoms with van der Waals surface area (Å²) in [4.78, 5) is 0. The fourth-order valence-corrected chi connectivity index (χ4v) is 1.79.